The highest BCUT2D eigenvalue weighted by molar-refractivity contribution is 7.96. The maximum absolute atomic E-state index is 4.93. The summed E-state index contributed by atoms with van der Waals surface area (Å²) in [7, 11) is 0. The van der Waals surface area contributed by atoms with Crippen LogP contribution in [0.15, 0.2) is 48.5 Å². The molecule has 2 aromatic rings. The van der Waals surface area contributed by atoms with Gasteiger partial charge in [0.2, 0.25) is 0 Å². The lowest BCUT2D eigenvalue weighted by Gasteiger charge is -2.30. The molecule has 0 radical (unpaired) electrons. The lowest BCUT2D eigenvalue weighted by molar-refractivity contribution is 0.566. The highest BCUT2D eigenvalue weighted by Crippen LogP contribution is 2.42. The highest BCUT2D eigenvalue weighted by Gasteiger charge is 2.27. The van der Waals surface area contributed by atoms with E-state index >= 15 is 0 Å². The number of rotatable bonds is 2. The van der Waals surface area contributed by atoms with Crippen molar-refractivity contribution in [2.24, 2.45) is 0 Å². The molecule has 24 heavy (non-hydrogen) atoms. The van der Waals surface area contributed by atoms with Crippen LogP contribution in [0.5, 0.6) is 0 Å². The van der Waals surface area contributed by atoms with Crippen LogP contribution in [0.3, 0.4) is 0 Å². The van der Waals surface area contributed by atoms with E-state index in [1.807, 2.05) is 18.2 Å². The molecule has 0 heterocycles. The molecule has 0 aliphatic heterocycles. The lowest BCUT2D eigenvalue weighted by atomic mass is 9.76. The molecule has 128 valence electrons. The van der Waals surface area contributed by atoms with Gasteiger partial charge in [-0.25, -0.2) is 0 Å². The van der Waals surface area contributed by atoms with Gasteiger partial charge in [0.05, 0.1) is 0 Å². The molecule has 0 amide bonds. The summed E-state index contributed by atoms with van der Waals surface area (Å²) in [5.41, 5.74) is 5.00. The van der Waals surface area contributed by atoms with E-state index in [4.69, 9.17) is 25.3 Å². The second kappa shape index (κ2) is 7.01. The van der Waals surface area contributed by atoms with Gasteiger partial charge in [-0.1, -0.05) is 90.1 Å². The Morgan fingerprint density at radius 3 is 1.50 bits per heavy atom. The first-order chi connectivity index (χ1) is 11.0. The fraction of sp³-hybridized carbons (Fsp3) is 0.364. The summed E-state index contributed by atoms with van der Waals surface area (Å²) in [6.07, 6.45) is 0. The molecule has 0 atom stereocenters. The number of thiol groups is 2. The van der Waals surface area contributed by atoms with Crippen molar-refractivity contribution >= 4 is 35.1 Å². The van der Waals surface area contributed by atoms with Gasteiger partial charge in [0.15, 0.2) is 0 Å². The van der Waals surface area contributed by atoms with Gasteiger partial charge in [-0.15, -0.1) is 25.3 Å². The van der Waals surface area contributed by atoms with Crippen LogP contribution in [0, 0.1) is 0 Å². The smallest absolute Gasteiger partial charge is 0.0259 e. The van der Waals surface area contributed by atoms with E-state index in [9.17, 15) is 0 Å². The van der Waals surface area contributed by atoms with Crippen molar-refractivity contribution in [3.8, 4) is 0 Å². The molecule has 0 nitrogen and oxygen atoms in total. The quantitative estimate of drug-likeness (QED) is 0.421. The van der Waals surface area contributed by atoms with Crippen LogP contribution in [0.25, 0.3) is 9.81 Å². The highest BCUT2D eigenvalue weighted by atomic mass is 32.1. The summed E-state index contributed by atoms with van der Waals surface area (Å²) in [5, 5.41) is 0. The number of benzene rings is 2. The Balaban J connectivity index is 2.81. The maximum atomic E-state index is 4.93. The molecule has 2 aromatic carbocycles. The van der Waals surface area contributed by atoms with E-state index < -0.39 is 0 Å². The van der Waals surface area contributed by atoms with Crippen LogP contribution in [0.2, 0.25) is 0 Å². The zero-order valence-electron chi connectivity index (χ0n) is 15.5. The summed E-state index contributed by atoms with van der Waals surface area (Å²) in [5.74, 6) is 0. The van der Waals surface area contributed by atoms with Gasteiger partial charge in [-0.2, -0.15) is 0 Å². The second-order valence-corrected chi connectivity index (χ2v) is 9.19. The Morgan fingerprint density at radius 1 is 0.625 bits per heavy atom. The topological polar surface area (TPSA) is 0 Å². The molecule has 0 aromatic heterocycles. The van der Waals surface area contributed by atoms with Gasteiger partial charge >= 0.3 is 0 Å². The SMILES string of the molecule is CC(C)(C)c1cccc(C(C)(C)C)c1/C(S)=C(/S)c1ccccc1. The van der Waals surface area contributed by atoms with Crippen molar-refractivity contribution < 1.29 is 0 Å². The summed E-state index contributed by atoms with van der Waals surface area (Å²) in [4.78, 5) is 1.86. The summed E-state index contributed by atoms with van der Waals surface area (Å²) in [6, 6.07) is 16.8. The zero-order valence-corrected chi connectivity index (χ0v) is 17.3. The number of hydrogen-bond donors (Lipinski definition) is 2. The van der Waals surface area contributed by atoms with Crippen LogP contribution in [0.1, 0.15) is 63.8 Å². The summed E-state index contributed by atoms with van der Waals surface area (Å²) in [6.45, 7) is 13.5. The van der Waals surface area contributed by atoms with Gasteiger partial charge in [0.1, 0.15) is 0 Å². The third kappa shape index (κ3) is 4.10. The van der Waals surface area contributed by atoms with E-state index in [0.29, 0.717) is 0 Å². The molecule has 0 N–H and O–H groups in total. The Labute approximate surface area is 158 Å². The van der Waals surface area contributed by atoms with Crippen LogP contribution in [-0.2, 0) is 10.8 Å². The van der Waals surface area contributed by atoms with Crippen LogP contribution in [0.4, 0.5) is 0 Å². The van der Waals surface area contributed by atoms with E-state index in [2.05, 4.69) is 71.9 Å². The van der Waals surface area contributed by atoms with Gasteiger partial charge in [-0.05, 0) is 33.1 Å². The molecule has 0 unspecified atom stereocenters. The monoisotopic (exact) mass is 356 g/mol. The average Bonchev–Trinajstić information content (AvgIpc) is 2.52. The fourth-order valence-corrected chi connectivity index (χ4v) is 3.54. The molecule has 0 fully saturated rings. The van der Waals surface area contributed by atoms with Gasteiger partial charge in [0, 0.05) is 9.81 Å². The van der Waals surface area contributed by atoms with Gasteiger partial charge < -0.3 is 0 Å². The summed E-state index contributed by atoms with van der Waals surface area (Å²) < 4.78 is 0. The molecule has 0 aliphatic carbocycles. The summed E-state index contributed by atoms with van der Waals surface area (Å²) >= 11 is 9.75. The fourth-order valence-electron chi connectivity index (χ4n) is 2.91. The molecule has 0 saturated heterocycles. The predicted molar refractivity (Wildman–Crippen MR) is 115 cm³/mol. The van der Waals surface area contributed by atoms with Gasteiger partial charge in [0.25, 0.3) is 0 Å². The first kappa shape index (κ1) is 19.2. The lowest BCUT2D eigenvalue weighted by Crippen LogP contribution is -2.20. The van der Waals surface area contributed by atoms with E-state index in [1.54, 1.807) is 0 Å². The van der Waals surface area contributed by atoms with E-state index in [1.165, 1.54) is 16.7 Å². The Hall–Kier alpha value is -1.12. The van der Waals surface area contributed by atoms with E-state index in [0.717, 1.165) is 15.4 Å². The molecular formula is C22H28S2. The Kier molecular flexibility index (Phi) is 5.61. The maximum Gasteiger partial charge on any atom is 0.0259 e. The first-order valence-electron chi connectivity index (χ1n) is 8.35. The molecule has 0 bridgehead atoms. The van der Waals surface area contributed by atoms with Crippen molar-refractivity contribution in [2.45, 2.75) is 52.4 Å². The van der Waals surface area contributed by atoms with Crippen LogP contribution >= 0.6 is 25.3 Å². The Bertz CT molecular complexity index is 710. The van der Waals surface area contributed by atoms with E-state index in [-0.39, 0.29) is 10.8 Å². The zero-order chi connectivity index (χ0) is 18.1. The van der Waals surface area contributed by atoms with Crippen molar-refractivity contribution in [2.75, 3.05) is 0 Å². The largest absolute Gasteiger partial charge is 0.142 e. The first-order valence-corrected chi connectivity index (χ1v) is 9.25. The minimum absolute atomic E-state index is 0.0370. The molecular weight excluding hydrogens is 328 g/mol. The minimum Gasteiger partial charge on any atom is -0.142 e. The normalized spacial score (nSPS) is 13.7. The van der Waals surface area contributed by atoms with Crippen LogP contribution in [-0.4, -0.2) is 0 Å². The van der Waals surface area contributed by atoms with Crippen molar-refractivity contribution in [1.29, 1.82) is 0 Å². The van der Waals surface area contributed by atoms with Crippen molar-refractivity contribution in [3.63, 3.8) is 0 Å². The second-order valence-electron chi connectivity index (χ2n) is 8.29. The molecule has 2 rings (SSSR count). The standard InChI is InChI=1S/C22H28S2/c1-21(2,3)16-13-10-14-17(22(4,5)6)18(16)20(24)19(23)15-11-8-7-9-12-15/h7-14,23-24H,1-6H3/b20-19-. The predicted octanol–water partition coefficient (Wildman–Crippen LogP) is 6.97. The van der Waals surface area contributed by atoms with Crippen LogP contribution < -0.4 is 0 Å². The van der Waals surface area contributed by atoms with Crippen molar-refractivity contribution in [3.05, 3.63) is 70.8 Å². The third-order valence-corrected chi connectivity index (χ3v) is 5.29. The Morgan fingerprint density at radius 2 is 1.08 bits per heavy atom. The molecule has 0 spiro atoms. The van der Waals surface area contributed by atoms with Crippen molar-refractivity contribution in [1.82, 2.24) is 0 Å². The molecule has 2 heteroatoms. The number of hydrogen-bond acceptors (Lipinski definition) is 2. The minimum atomic E-state index is 0.0370. The third-order valence-electron chi connectivity index (χ3n) is 4.19. The molecule has 0 saturated carbocycles. The molecule has 0 aliphatic rings. The average molecular weight is 357 g/mol. The van der Waals surface area contributed by atoms with Gasteiger partial charge in [-0.3, -0.25) is 0 Å².